The van der Waals surface area contributed by atoms with Gasteiger partial charge >= 0.3 is 6.09 Å². The molecule has 0 aliphatic rings. The maximum atomic E-state index is 11.5. The molecular weight excluding hydrogens is 344 g/mol. The molecule has 0 heterocycles. The van der Waals surface area contributed by atoms with Crippen LogP contribution in [0.4, 0.5) is 10.5 Å². The van der Waals surface area contributed by atoms with Crippen LogP contribution in [0.3, 0.4) is 0 Å². The van der Waals surface area contributed by atoms with Crippen LogP contribution in [-0.4, -0.2) is 17.6 Å². The number of carbonyl (C=O) groups excluding carboxylic acids is 1. The summed E-state index contributed by atoms with van der Waals surface area (Å²) in [4.78, 5) is 22.0. The number of alkyl carbamates (subject to hydrolysis) is 1. The number of nitro benzene ring substituents is 1. The average molecular weight is 359 g/mol. The highest BCUT2D eigenvalue weighted by atomic mass is 35.5. The highest BCUT2D eigenvalue weighted by Crippen LogP contribution is 2.22. The van der Waals surface area contributed by atoms with Gasteiger partial charge < -0.3 is 10.1 Å². The van der Waals surface area contributed by atoms with Gasteiger partial charge in [0.05, 0.1) is 4.92 Å². The quantitative estimate of drug-likeness (QED) is 0.380. The smallest absolute Gasteiger partial charge is 0.407 e. The van der Waals surface area contributed by atoms with E-state index < -0.39 is 11.0 Å². The molecule has 1 amide bonds. The summed E-state index contributed by atoms with van der Waals surface area (Å²) >= 11 is 5.74. The largest absolute Gasteiger partial charge is 0.445 e. The second-order valence-electron chi connectivity index (χ2n) is 4.96. The molecule has 0 bridgehead atoms. The first-order valence-corrected chi connectivity index (χ1v) is 7.81. The van der Waals surface area contributed by atoms with Crippen LogP contribution in [0.5, 0.6) is 0 Å². The maximum absolute atomic E-state index is 11.5. The number of ether oxygens (including phenoxy) is 1. The summed E-state index contributed by atoms with van der Waals surface area (Å²) in [6.45, 7) is 0.470. The molecule has 0 unspecified atom stereocenters. The molecule has 6 nitrogen and oxygen atoms in total. The highest BCUT2D eigenvalue weighted by molar-refractivity contribution is 6.30. The monoisotopic (exact) mass is 358 g/mol. The van der Waals surface area contributed by atoms with E-state index >= 15 is 0 Å². The summed E-state index contributed by atoms with van der Waals surface area (Å²) in [5, 5.41) is 13.8. The van der Waals surface area contributed by atoms with Crippen molar-refractivity contribution < 1.29 is 14.5 Å². The van der Waals surface area contributed by atoms with Gasteiger partial charge in [0.25, 0.3) is 5.69 Å². The standard InChI is InChI=1S/C18H15ClN2O4/c19-16-10-9-15(17(12-16)21(23)24)8-4-5-11-20-18(22)25-13-14-6-2-1-3-7-14/h1-3,6-7,9-10,12H,5,11,13H2,(H,20,22). The van der Waals surface area contributed by atoms with E-state index in [9.17, 15) is 14.9 Å². The van der Waals surface area contributed by atoms with Gasteiger partial charge in [-0.25, -0.2) is 4.79 Å². The van der Waals surface area contributed by atoms with Crippen molar-refractivity contribution in [1.82, 2.24) is 5.32 Å². The minimum atomic E-state index is -0.539. The number of carbonyl (C=O) groups is 1. The van der Waals surface area contributed by atoms with Crippen molar-refractivity contribution in [2.45, 2.75) is 13.0 Å². The van der Waals surface area contributed by atoms with Gasteiger partial charge in [0.2, 0.25) is 0 Å². The van der Waals surface area contributed by atoms with E-state index in [-0.39, 0.29) is 29.4 Å². The second-order valence-corrected chi connectivity index (χ2v) is 5.40. The lowest BCUT2D eigenvalue weighted by molar-refractivity contribution is -0.385. The molecular formula is C18H15ClN2O4. The van der Waals surface area contributed by atoms with Crippen molar-refractivity contribution in [3.8, 4) is 11.8 Å². The summed E-state index contributed by atoms with van der Waals surface area (Å²) in [6.07, 6.45) is -0.205. The number of benzene rings is 2. The van der Waals surface area contributed by atoms with Crippen LogP contribution in [0.2, 0.25) is 5.02 Å². The van der Waals surface area contributed by atoms with Gasteiger partial charge in [0.15, 0.2) is 0 Å². The predicted molar refractivity (Wildman–Crippen MR) is 94.2 cm³/mol. The topological polar surface area (TPSA) is 81.5 Å². The van der Waals surface area contributed by atoms with Gasteiger partial charge in [-0.2, -0.15) is 0 Å². The summed E-state index contributed by atoms with van der Waals surface area (Å²) in [6, 6.07) is 13.6. The molecule has 1 N–H and O–H groups in total. The average Bonchev–Trinajstić information content (AvgIpc) is 2.61. The van der Waals surface area contributed by atoms with E-state index in [1.165, 1.54) is 18.2 Å². The van der Waals surface area contributed by atoms with Crippen LogP contribution in [-0.2, 0) is 11.3 Å². The third-order valence-corrected chi connectivity index (χ3v) is 3.35. The minimum Gasteiger partial charge on any atom is -0.445 e. The molecule has 0 fully saturated rings. The van der Waals surface area contributed by atoms with Gasteiger partial charge in [0.1, 0.15) is 12.2 Å². The molecule has 0 aliphatic carbocycles. The molecule has 25 heavy (non-hydrogen) atoms. The Morgan fingerprint density at radius 2 is 2.00 bits per heavy atom. The van der Waals surface area contributed by atoms with E-state index in [2.05, 4.69) is 17.2 Å². The van der Waals surface area contributed by atoms with Gasteiger partial charge in [-0.15, -0.1) is 0 Å². The molecule has 0 aliphatic heterocycles. The Morgan fingerprint density at radius 1 is 1.24 bits per heavy atom. The van der Waals surface area contributed by atoms with Crippen LogP contribution in [0.25, 0.3) is 0 Å². The van der Waals surface area contributed by atoms with Crippen molar-refractivity contribution in [2.75, 3.05) is 6.54 Å². The fourth-order valence-electron chi connectivity index (χ4n) is 1.92. The minimum absolute atomic E-state index is 0.143. The van der Waals surface area contributed by atoms with E-state index in [4.69, 9.17) is 16.3 Å². The summed E-state index contributed by atoms with van der Waals surface area (Å²) < 4.78 is 5.05. The van der Waals surface area contributed by atoms with Crippen molar-refractivity contribution in [2.24, 2.45) is 0 Å². The third-order valence-electron chi connectivity index (χ3n) is 3.11. The number of nitro groups is 1. The van der Waals surface area contributed by atoms with Crippen LogP contribution >= 0.6 is 11.6 Å². The number of nitrogens with zero attached hydrogens (tertiary/aromatic N) is 1. The molecule has 0 atom stereocenters. The molecule has 128 valence electrons. The molecule has 2 aromatic rings. The number of rotatable bonds is 5. The highest BCUT2D eigenvalue weighted by Gasteiger charge is 2.12. The first-order chi connectivity index (χ1) is 12.1. The summed E-state index contributed by atoms with van der Waals surface area (Å²) in [5.74, 6) is 5.49. The lowest BCUT2D eigenvalue weighted by Crippen LogP contribution is -2.24. The summed E-state index contributed by atoms with van der Waals surface area (Å²) in [7, 11) is 0. The Kier molecular flexibility index (Phi) is 6.81. The Bertz CT molecular complexity index is 813. The number of nitrogens with one attached hydrogen (secondary N) is 1. The van der Waals surface area contributed by atoms with E-state index in [1.807, 2.05) is 30.3 Å². The zero-order valence-corrected chi connectivity index (χ0v) is 14.0. The van der Waals surface area contributed by atoms with E-state index in [0.717, 1.165) is 5.56 Å². The second kappa shape index (κ2) is 9.30. The van der Waals surface area contributed by atoms with Crippen LogP contribution in [0.15, 0.2) is 48.5 Å². The Labute approximate surface area is 149 Å². The number of hydrogen-bond donors (Lipinski definition) is 1. The van der Waals surface area contributed by atoms with Gasteiger partial charge in [-0.3, -0.25) is 10.1 Å². The fourth-order valence-corrected chi connectivity index (χ4v) is 2.09. The van der Waals surface area contributed by atoms with Crippen LogP contribution in [0, 0.1) is 22.0 Å². The number of hydrogen-bond acceptors (Lipinski definition) is 4. The molecule has 2 rings (SSSR count). The zero-order chi connectivity index (χ0) is 18.1. The first-order valence-electron chi connectivity index (χ1n) is 7.43. The molecule has 0 radical (unpaired) electrons. The van der Waals surface area contributed by atoms with Gasteiger partial charge in [-0.05, 0) is 17.7 Å². The third kappa shape index (κ3) is 6.16. The first kappa shape index (κ1) is 18.3. The van der Waals surface area contributed by atoms with E-state index in [1.54, 1.807) is 0 Å². The van der Waals surface area contributed by atoms with Crippen molar-refractivity contribution >= 4 is 23.4 Å². The van der Waals surface area contributed by atoms with Crippen LogP contribution < -0.4 is 5.32 Å². The molecule has 2 aromatic carbocycles. The zero-order valence-electron chi connectivity index (χ0n) is 13.2. The number of halogens is 1. The van der Waals surface area contributed by atoms with E-state index in [0.29, 0.717) is 6.42 Å². The Morgan fingerprint density at radius 3 is 2.72 bits per heavy atom. The van der Waals surface area contributed by atoms with Crippen molar-refractivity contribution in [3.05, 3.63) is 74.8 Å². The Hall–Kier alpha value is -3.04. The lowest BCUT2D eigenvalue weighted by atomic mass is 10.2. The maximum Gasteiger partial charge on any atom is 0.407 e. The summed E-state index contributed by atoms with van der Waals surface area (Å²) in [5.41, 5.74) is 1.03. The van der Waals surface area contributed by atoms with Crippen molar-refractivity contribution in [3.63, 3.8) is 0 Å². The molecule has 0 saturated carbocycles. The van der Waals surface area contributed by atoms with Gasteiger partial charge in [-0.1, -0.05) is 53.8 Å². The van der Waals surface area contributed by atoms with Crippen LogP contribution in [0.1, 0.15) is 17.5 Å². The molecule has 0 spiro atoms. The van der Waals surface area contributed by atoms with Gasteiger partial charge in [0, 0.05) is 24.1 Å². The normalized spacial score (nSPS) is 9.64. The fraction of sp³-hybridized carbons (Fsp3) is 0.167. The SMILES string of the molecule is O=C(NCCC#Cc1ccc(Cl)cc1[N+](=O)[O-])OCc1ccccc1. The van der Waals surface area contributed by atoms with Crippen molar-refractivity contribution in [1.29, 1.82) is 0 Å². The molecule has 0 aromatic heterocycles. The number of amides is 1. The lowest BCUT2D eigenvalue weighted by Gasteiger charge is -2.05. The predicted octanol–water partition coefficient (Wildman–Crippen LogP) is 3.92. The molecule has 7 heteroatoms. The Balaban J connectivity index is 1.77. The molecule has 0 saturated heterocycles.